The summed E-state index contributed by atoms with van der Waals surface area (Å²) in [5, 5.41) is 0. The lowest BCUT2D eigenvalue weighted by atomic mass is 10.1. The molecule has 108 valence electrons. The van der Waals surface area contributed by atoms with Gasteiger partial charge >= 0.3 is 0 Å². The molecule has 0 unspecified atom stereocenters. The van der Waals surface area contributed by atoms with Gasteiger partial charge in [-0.05, 0) is 35.4 Å². The van der Waals surface area contributed by atoms with Gasteiger partial charge in [0.2, 0.25) is 0 Å². The van der Waals surface area contributed by atoms with Crippen LogP contribution in [0.25, 0.3) is 0 Å². The second-order valence-electron chi connectivity index (χ2n) is 4.57. The van der Waals surface area contributed by atoms with Crippen molar-refractivity contribution in [1.82, 2.24) is 0 Å². The highest BCUT2D eigenvalue weighted by Gasteiger charge is 1.98. The third kappa shape index (κ3) is 4.96. The second kappa shape index (κ2) is 8.11. The van der Waals surface area contributed by atoms with Crippen LogP contribution in [0.2, 0.25) is 0 Å². The Balaban J connectivity index is 1.94. The van der Waals surface area contributed by atoms with Gasteiger partial charge in [-0.3, -0.25) is 0 Å². The summed E-state index contributed by atoms with van der Waals surface area (Å²) in [6.07, 6.45) is 0. The second-order valence-corrected chi connectivity index (χ2v) is 4.57. The molecule has 0 aliphatic carbocycles. The van der Waals surface area contributed by atoms with Crippen LogP contribution in [0, 0.1) is 11.8 Å². The molecular formula is C18H19NO2. The van der Waals surface area contributed by atoms with Crippen molar-refractivity contribution in [3.8, 4) is 17.6 Å². The van der Waals surface area contributed by atoms with E-state index in [1.165, 1.54) is 0 Å². The first-order valence-corrected chi connectivity index (χ1v) is 6.80. The lowest BCUT2D eigenvalue weighted by molar-refractivity contribution is 0.184. The molecule has 3 nitrogen and oxygen atoms in total. The smallest absolute Gasteiger partial charge is 0.120 e. The Hall–Kier alpha value is -2.28. The number of ether oxygens (including phenoxy) is 2. The zero-order valence-corrected chi connectivity index (χ0v) is 12.1. The van der Waals surface area contributed by atoms with Crippen molar-refractivity contribution in [3.63, 3.8) is 0 Å². The first-order chi connectivity index (χ1) is 10.3. The molecule has 0 atom stereocenters. The van der Waals surface area contributed by atoms with Crippen LogP contribution in [0.15, 0.2) is 48.5 Å². The Morgan fingerprint density at radius 1 is 1.00 bits per heavy atom. The van der Waals surface area contributed by atoms with Gasteiger partial charge in [-0.1, -0.05) is 36.1 Å². The van der Waals surface area contributed by atoms with Crippen molar-refractivity contribution in [2.75, 3.05) is 13.7 Å². The SMILES string of the molecule is COCc1cccc(OCc2ccc(C#CCN)cc2)c1. The van der Waals surface area contributed by atoms with E-state index in [0.717, 1.165) is 22.4 Å². The van der Waals surface area contributed by atoms with Crippen LogP contribution >= 0.6 is 0 Å². The molecule has 0 aliphatic heterocycles. The number of hydrogen-bond acceptors (Lipinski definition) is 3. The number of hydrogen-bond donors (Lipinski definition) is 1. The molecule has 0 saturated heterocycles. The molecule has 0 aromatic heterocycles. The third-order valence-electron chi connectivity index (χ3n) is 2.90. The Labute approximate surface area is 125 Å². The third-order valence-corrected chi connectivity index (χ3v) is 2.90. The number of benzene rings is 2. The molecule has 0 amide bonds. The maximum absolute atomic E-state index is 5.79. The molecule has 0 heterocycles. The summed E-state index contributed by atoms with van der Waals surface area (Å²) in [4.78, 5) is 0. The average Bonchev–Trinajstić information content (AvgIpc) is 2.53. The van der Waals surface area contributed by atoms with Crippen LogP contribution in [-0.4, -0.2) is 13.7 Å². The van der Waals surface area contributed by atoms with Gasteiger partial charge in [0.15, 0.2) is 0 Å². The summed E-state index contributed by atoms with van der Waals surface area (Å²) in [6, 6.07) is 15.9. The largest absolute Gasteiger partial charge is 0.489 e. The van der Waals surface area contributed by atoms with Crippen LogP contribution in [0.3, 0.4) is 0 Å². The van der Waals surface area contributed by atoms with Crippen molar-refractivity contribution < 1.29 is 9.47 Å². The van der Waals surface area contributed by atoms with E-state index < -0.39 is 0 Å². The number of nitrogens with two attached hydrogens (primary N) is 1. The molecule has 0 bridgehead atoms. The van der Waals surface area contributed by atoms with Crippen molar-refractivity contribution in [1.29, 1.82) is 0 Å². The van der Waals surface area contributed by atoms with Crippen LogP contribution in [0.5, 0.6) is 5.75 Å². The van der Waals surface area contributed by atoms with Crippen molar-refractivity contribution in [2.24, 2.45) is 5.73 Å². The van der Waals surface area contributed by atoms with Gasteiger partial charge in [-0.2, -0.15) is 0 Å². The van der Waals surface area contributed by atoms with Crippen molar-refractivity contribution >= 4 is 0 Å². The van der Waals surface area contributed by atoms with Gasteiger partial charge in [0.1, 0.15) is 12.4 Å². The minimum absolute atomic E-state index is 0.378. The van der Waals surface area contributed by atoms with E-state index in [-0.39, 0.29) is 0 Å². The Morgan fingerprint density at radius 2 is 1.81 bits per heavy atom. The minimum Gasteiger partial charge on any atom is -0.489 e. The maximum Gasteiger partial charge on any atom is 0.120 e. The standard InChI is InChI=1S/C18H19NO2/c1-20-13-17-4-2-6-18(12-17)21-14-16-9-7-15(8-10-16)5-3-11-19/h2,4,6-10,12H,11,13-14,19H2,1H3. The average molecular weight is 281 g/mol. The molecule has 21 heavy (non-hydrogen) atoms. The predicted octanol–water partition coefficient (Wildman–Crippen LogP) is 2.72. The molecule has 0 spiro atoms. The number of methoxy groups -OCH3 is 1. The van der Waals surface area contributed by atoms with Crippen molar-refractivity contribution in [2.45, 2.75) is 13.2 Å². The normalized spacial score (nSPS) is 9.81. The minimum atomic E-state index is 0.378. The fourth-order valence-electron chi connectivity index (χ4n) is 1.90. The van der Waals surface area contributed by atoms with Gasteiger partial charge in [-0.25, -0.2) is 0 Å². The zero-order valence-electron chi connectivity index (χ0n) is 12.1. The molecule has 2 aromatic rings. The first-order valence-electron chi connectivity index (χ1n) is 6.80. The summed E-state index contributed by atoms with van der Waals surface area (Å²) in [5.41, 5.74) is 8.52. The monoisotopic (exact) mass is 281 g/mol. The highest BCUT2D eigenvalue weighted by atomic mass is 16.5. The molecule has 2 rings (SSSR count). The lowest BCUT2D eigenvalue weighted by Crippen LogP contribution is -1.97. The molecule has 0 aliphatic rings. The van der Waals surface area contributed by atoms with E-state index >= 15 is 0 Å². The van der Waals surface area contributed by atoms with E-state index in [1.54, 1.807) is 7.11 Å². The highest BCUT2D eigenvalue weighted by molar-refractivity contribution is 5.36. The van der Waals surface area contributed by atoms with E-state index in [0.29, 0.717) is 19.8 Å². The van der Waals surface area contributed by atoms with Crippen molar-refractivity contribution in [3.05, 3.63) is 65.2 Å². The van der Waals surface area contributed by atoms with Crippen LogP contribution < -0.4 is 10.5 Å². The molecule has 0 radical (unpaired) electrons. The first kappa shape index (κ1) is 15.1. The highest BCUT2D eigenvalue weighted by Crippen LogP contribution is 2.16. The van der Waals surface area contributed by atoms with Gasteiger partial charge in [-0.15, -0.1) is 0 Å². The number of rotatable bonds is 5. The van der Waals surface area contributed by atoms with Gasteiger partial charge in [0.25, 0.3) is 0 Å². The zero-order chi connectivity index (χ0) is 14.9. The van der Waals surface area contributed by atoms with E-state index in [1.807, 2.05) is 48.5 Å². The fourth-order valence-corrected chi connectivity index (χ4v) is 1.90. The Kier molecular flexibility index (Phi) is 5.83. The summed E-state index contributed by atoms with van der Waals surface area (Å²) in [7, 11) is 1.68. The summed E-state index contributed by atoms with van der Waals surface area (Å²) in [6.45, 7) is 1.50. The fraction of sp³-hybridized carbons (Fsp3) is 0.222. The summed E-state index contributed by atoms with van der Waals surface area (Å²) >= 11 is 0. The van der Waals surface area contributed by atoms with Crippen LogP contribution in [0.4, 0.5) is 0 Å². The van der Waals surface area contributed by atoms with E-state index in [9.17, 15) is 0 Å². The van der Waals surface area contributed by atoms with Gasteiger partial charge in [0.05, 0.1) is 13.2 Å². The molecule has 0 fully saturated rings. The van der Waals surface area contributed by atoms with E-state index in [2.05, 4.69) is 11.8 Å². The molecule has 2 aromatic carbocycles. The Bertz CT molecular complexity index is 624. The Morgan fingerprint density at radius 3 is 2.52 bits per heavy atom. The van der Waals surface area contributed by atoms with Gasteiger partial charge in [0, 0.05) is 12.7 Å². The molecule has 0 saturated carbocycles. The molecule has 3 heteroatoms. The van der Waals surface area contributed by atoms with Crippen LogP contribution in [-0.2, 0) is 18.0 Å². The molecule has 2 N–H and O–H groups in total. The maximum atomic E-state index is 5.79. The summed E-state index contributed by atoms with van der Waals surface area (Å²) in [5.74, 6) is 6.68. The quantitative estimate of drug-likeness (QED) is 0.857. The lowest BCUT2D eigenvalue weighted by Gasteiger charge is -2.08. The molecular weight excluding hydrogens is 262 g/mol. The van der Waals surface area contributed by atoms with Crippen LogP contribution in [0.1, 0.15) is 16.7 Å². The van der Waals surface area contributed by atoms with Gasteiger partial charge < -0.3 is 15.2 Å². The predicted molar refractivity (Wildman–Crippen MR) is 83.9 cm³/mol. The topological polar surface area (TPSA) is 44.5 Å². The summed E-state index contributed by atoms with van der Waals surface area (Å²) < 4.78 is 10.9. The van der Waals surface area contributed by atoms with E-state index in [4.69, 9.17) is 15.2 Å².